The third kappa shape index (κ3) is 4.81. The van der Waals surface area contributed by atoms with Crippen LogP contribution in [0.3, 0.4) is 0 Å². The van der Waals surface area contributed by atoms with Gasteiger partial charge in [-0.25, -0.2) is 0 Å². The van der Waals surface area contributed by atoms with E-state index in [1.807, 2.05) is 12.1 Å². The molecule has 0 radical (unpaired) electrons. The summed E-state index contributed by atoms with van der Waals surface area (Å²) in [6.45, 7) is 5.14. The van der Waals surface area contributed by atoms with E-state index in [1.54, 1.807) is 0 Å². The van der Waals surface area contributed by atoms with E-state index >= 15 is 0 Å². The van der Waals surface area contributed by atoms with Gasteiger partial charge in [0.1, 0.15) is 0 Å². The number of benzene rings is 1. The van der Waals surface area contributed by atoms with Crippen LogP contribution in [-0.2, 0) is 0 Å². The zero-order valence-electron chi connectivity index (χ0n) is 10.6. The molecule has 0 aromatic heterocycles. The van der Waals surface area contributed by atoms with E-state index < -0.39 is 0 Å². The average Bonchev–Trinajstić information content (AvgIpc) is 2.27. The van der Waals surface area contributed by atoms with Crippen LogP contribution in [0.4, 0.5) is 0 Å². The Hall–Kier alpha value is -0.970. The molecule has 0 saturated carbocycles. The first-order valence-corrected chi connectivity index (χ1v) is 6.49. The molecule has 1 aromatic rings. The average molecular weight is 250 g/mol. The first-order chi connectivity index (χ1) is 8.17. The molecule has 0 spiro atoms. The van der Waals surface area contributed by atoms with E-state index in [0.717, 1.165) is 30.8 Å². The summed E-state index contributed by atoms with van der Waals surface area (Å²) in [6, 6.07) is 6.56. The summed E-state index contributed by atoms with van der Waals surface area (Å²) in [5.74, 6) is 2.69. The van der Waals surface area contributed by atoms with Crippen LogP contribution in [0.15, 0.2) is 18.2 Å². The van der Waals surface area contributed by atoms with Crippen LogP contribution in [-0.4, -0.2) is 6.54 Å². The van der Waals surface area contributed by atoms with E-state index in [2.05, 4.69) is 31.2 Å². The standard InChI is InChI=1S/C15H20ClN/c1-4-6-7-8-15(17-5-2)13-9-12(3)10-14(16)11-13/h1,9-11,15,17H,5-8H2,2-3H3. The van der Waals surface area contributed by atoms with Crippen molar-refractivity contribution >= 4 is 11.6 Å². The molecule has 0 aliphatic rings. The lowest BCUT2D eigenvalue weighted by molar-refractivity contribution is 0.501. The Balaban J connectivity index is 2.77. The number of unbranched alkanes of at least 4 members (excludes halogenated alkanes) is 1. The Morgan fingerprint density at radius 3 is 2.76 bits per heavy atom. The molecule has 0 aliphatic heterocycles. The molecule has 1 unspecified atom stereocenters. The fraction of sp³-hybridized carbons (Fsp3) is 0.467. The SMILES string of the molecule is C#CCCCC(NCC)c1cc(C)cc(Cl)c1. The lowest BCUT2D eigenvalue weighted by Crippen LogP contribution is -2.20. The highest BCUT2D eigenvalue weighted by Crippen LogP contribution is 2.24. The Morgan fingerprint density at radius 1 is 1.41 bits per heavy atom. The Labute approximate surface area is 110 Å². The third-order valence-electron chi connectivity index (χ3n) is 2.73. The van der Waals surface area contributed by atoms with Crippen molar-refractivity contribution in [3.8, 4) is 12.3 Å². The molecule has 2 heteroatoms. The molecule has 1 atom stereocenters. The molecule has 0 saturated heterocycles. The van der Waals surface area contributed by atoms with E-state index in [-0.39, 0.29) is 0 Å². The monoisotopic (exact) mass is 249 g/mol. The number of rotatable bonds is 6. The van der Waals surface area contributed by atoms with Gasteiger partial charge in [0.25, 0.3) is 0 Å². The van der Waals surface area contributed by atoms with Crippen molar-refractivity contribution in [3.05, 3.63) is 34.3 Å². The van der Waals surface area contributed by atoms with Gasteiger partial charge in [-0.3, -0.25) is 0 Å². The van der Waals surface area contributed by atoms with E-state index in [9.17, 15) is 0 Å². The molecule has 0 bridgehead atoms. The molecule has 92 valence electrons. The quantitative estimate of drug-likeness (QED) is 0.591. The summed E-state index contributed by atoms with van der Waals surface area (Å²) in [7, 11) is 0. The molecule has 1 aromatic carbocycles. The molecule has 1 nitrogen and oxygen atoms in total. The van der Waals surface area contributed by atoms with Crippen molar-refractivity contribution in [2.75, 3.05) is 6.54 Å². The molecular formula is C15H20ClN. The normalized spacial score (nSPS) is 12.1. The summed E-state index contributed by atoms with van der Waals surface area (Å²) in [5, 5.41) is 4.29. The minimum absolute atomic E-state index is 0.353. The van der Waals surface area contributed by atoms with Gasteiger partial charge in [0, 0.05) is 17.5 Å². The Morgan fingerprint density at radius 2 is 2.18 bits per heavy atom. The maximum atomic E-state index is 6.10. The third-order valence-corrected chi connectivity index (χ3v) is 2.95. The van der Waals surface area contributed by atoms with Crippen molar-refractivity contribution in [2.24, 2.45) is 0 Å². The van der Waals surface area contributed by atoms with Gasteiger partial charge in [-0.1, -0.05) is 24.6 Å². The smallest absolute Gasteiger partial charge is 0.0411 e. The molecule has 0 heterocycles. The highest BCUT2D eigenvalue weighted by Gasteiger charge is 2.10. The molecule has 0 aliphatic carbocycles. The van der Waals surface area contributed by atoms with Crippen molar-refractivity contribution in [3.63, 3.8) is 0 Å². The first kappa shape index (κ1) is 14.1. The summed E-state index contributed by atoms with van der Waals surface area (Å²) >= 11 is 6.10. The van der Waals surface area contributed by atoms with E-state index in [4.69, 9.17) is 18.0 Å². The second-order valence-electron chi connectivity index (χ2n) is 4.27. The van der Waals surface area contributed by atoms with Crippen LogP contribution < -0.4 is 5.32 Å². The fourth-order valence-electron chi connectivity index (χ4n) is 2.01. The molecule has 0 fully saturated rings. The van der Waals surface area contributed by atoms with Gasteiger partial charge >= 0.3 is 0 Å². The minimum atomic E-state index is 0.353. The van der Waals surface area contributed by atoms with Gasteiger partial charge in [0.15, 0.2) is 0 Å². The van der Waals surface area contributed by atoms with Gasteiger partial charge in [-0.2, -0.15) is 0 Å². The molecule has 0 amide bonds. The summed E-state index contributed by atoms with van der Waals surface area (Å²) < 4.78 is 0. The number of hydrogen-bond donors (Lipinski definition) is 1. The predicted molar refractivity (Wildman–Crippen MR) is 75.3 cm³/mol. The van der Waals surface area contributed by atoms with Gasteiger partial charge in [-0.15, -0.1) is 12.3 Å². The van der Waals surface area contributed by atoms with Crippen molar-refractivity contribution in [1.82, 2.24) is 5.32 Å². The van der Waals surface area contributed by atoms with Gasteiger partial charge < -0.3 is 5.32 Å². The molecule has 1 N–H and O–H groups in total. The number of terminal acetylenes is 1. The summed E-state index contributed by atoms with van der Waals surface area (Å²) in [6.07, 6.45) is 8.21. The number of hydrogen-bond acceptors (Lipinski definition) is 1. The van der Waals surface area contributed by atoms with E-state index in [1.165, 1.54) is 11.1 Å². The van der Waals surface area contributed by atoms with Crippen LogP contribution in [0.2, 0.25) is 5.02 Å². The molecule has 17 heavy (non-hydrogen) atoms. The first-order valence-electron chi connectivity index (χ1n) is 6.11. The number of halogens is 1. The highest BCUT2D eigenvalue weighted by molar-refractivity contribution is 6.30. The topological polar surface area (TPSA) is 12.0 Å². The highest BCUT2D eigenvalue weighted by atomic mass is 35.5. The van der Waals surface area contributed by atoms with Crippen LogP contribution >= 0.6 is 11.6 Å². The number of nitrogens with one attached hydrogen (secondary N) is 1. The van der Waals surface area contributed by atoms with Crippen LogP contribution in [0, 0.1) is 19.3 Å². The minimum Gasteiger partial charge on any atom is -0.310 e. The van der Waals surface area contributed by atoms with Gasteiger partial charge in [0.2, 0.25) is 0 Å². The Bertz CT molecular complexity index is 372. The van der Waals surface area contributed by atoms with Crippen molar-refractivity contribution in [2.45, 2.75) is 39.2 Å². The lowest BCUT2D eigenvalue weighted by Gasteiger charge is -2.18. The van der Waals surface area contributed by atoms with Crippen molar-refractivity contribution < 1.29 is 0 Å². The number of aryl methyl sites for hydroxylation is 1. The van der Waals surface area contributed by atoms with Crippen molar-refractivity contribution in [1.29, 1.82) is 0 Å². The van der Waals surface area contributed by atoms with Crippen LogP contribution in [0.1, 0.15) is 43.4 Å². The zero-order valence-corrected chi connectivity index (χ0v) is 11.3. The maximum absolute atomic E-state index is 6.10. The maximum Gasteiger partial charge on any atom is 0.0411 e. The largest absolute Gasteiger partial charge is 0.310 e. The van der Waals surface area contributed by atoms with Crippen LogP contribution in [0.5, 0.6) is 0 Å². The second-order valence-corrected chi connectivity index (χ2v) is 4.70. The second kappa shape index (κ2) is 7.37. The lowest BCUT2D eigenvalue weighted by atomic mass is 9.99. The van der Waals surface area contributed by atoms with Gasteiger partial charge in [0.05, 0.1) is 0 Å². The van der Waals surface area contributed by atoms with Gasteiger partial charge in [-0.05, 0) is 49.6 Å². The molecule has 1 rings (SSSR count). The summed E-state index contributed by atoms with van der Waals surface area (Å²) in [4.78, 5) is 0. The van der Waals surface area contributed by atoms with E-state index in [0.29, 0.717) is 6.04 Å². The summed E-state index contributed by atoms with van der Waals surface area (Å²) in [5.41, 5.74) is 2.46. The predicted octanol–water partition coefficient (Wildman–Crippen LogP) is 4.10. The zero-order chi connectivity index (χ0) is 12.7. The Kier molecular flexibility index (Phi) is 6.11. The molecular weight excluding hydrogens is 230 g/mol. The van der Waals surface area contributed by atoms with Crippen LogP contribution in [0.25, 0.3) is 0 Å². The fourth-order valence-corrected chi connectivity index (χ4v) is 2.31.